The molecule has 88 valence electrons. The summed E-state index contributed by atoms with van der Waals surface area (Å²) in [6, 6.07) is 4.13. The van der Waals surface area contributed by atoms with Crippen molar-refractivity contribution in [2.75, 3.05) is 7.11 Å². The summed E-state index contributed by atoms with van der Waals surface area (Å²) in [5, 5.41) is 0.596. The maximum absolute atomic E-state index is 6.26. The van der Waals surface area contributed by atoms with Crippen LogP contribution in [-0.2, 0) is 5.75 Å². The van der Waals surface area contributed by atoms with Crippen LogP contribution in [-0.4, -0.2) is 12.4 Å². The van der Waals surface area contributed by atoms with E-state index in [1.54, 1.807) is 7.11 Å². The molecule has 0 aromatic heterocycles. The average molecular weight is 302 g/mol. The molecule has 0 aliphatic carbocycles. The number of rotatable bonds is 1. The van der Waals surface area contributed by atoms with Crippen LogP contribution >= 0.6 is 27.7 Å². The van der Waals surface area contributed by atoms with Crippen molar-refractivity contribution in [1.82, 2.24) is 0 Å². The normalized spacial score (nSPS) is 24.8. The van der Waals surface area contributed by atoms with Gasteiger partial charge in [-0.2, -0.15) is 11.8 Å². The fourth-order valence-electron chi connectivity index (χ4n) is 2.13. The van der Waals surface area contributed by atoms with Crippen LogP contribution in [0.15, 0.2) is 16.6 Å². The number of thioether (sulfide) groups is 1. The predicted octanol–water partition coefficient (Wildman–Crippen LogP) is 3.48. The first-order valence-electron chi connectivity index (χ1n) is 5.36. The van der Waals surface area contributed by atoms with Gasteiger partial charge >= 0.3 is 0 Å². The number of nitrogens with two attached hydrogens (primary N) is 1. The molecule has 0 spiro atoms. The van der Waals surface area contributed by atoms with Crippen molar-refractivity contribution in [1.29, 1.82) is 0 Å². The van der Waals surface area contributed by atoms with Gasteiger partial charge in [-0.05, 0) is 24.1 Å². The van der Waals surface area contributed by atoms with Gasteiger partial charge in [0.1, 0.15) is 5.75 Å². The largest absolute Gasteiger partial charge is 0.496 e. The highest BCUT2D eigenvalue weighted by atomic mass is 79.9. The first-order valence-corrected chi connectivity index (χ1v) is 7.20. The monoisotopic (exact) mass is 301 g/mol. The summed E-state index contributed by atoms with van der Waals surface area (Å²) in [5.41, 5.74) is 8.73. The SMILES string of the molecule is COc1ccc(Br)c2c1CSC(C)CC2N. The molecule has 0 saturated carbocycles. The summed E-state index contributed by atoms with van der Waals surface area (Å²) in [4.78, 5) is 0. The molecule has 1 aromatic rings. The third kappa shape index (κ3) is 2.24. The van der Waals surface area contributed by atoms with Crippen molar-refractivity contribution in [3.8, 4) is 5.75 Å². The fraction of sp³-hybridized carbons (Fsp3) is 0.500. The molecule has 1 aromatic carbocycles. The topological polar surface area (TPSA) is 35.2 Å². The number of hydrogen-bond donors (Lipinski definition) is 1. The smallest absolute Gasteiger partial charge is 0.123 e. The number of hydrogen-bond acceptors (Lipinski definition) is 3. The molecule has 0 radical (unpaired) electrons. The molecule has 2 nitrogen and oxygen atoms in total. The van der Waals surface area contributed by atoms with E-state index < -0.39 is 0 Å². The zero-order chi connectivity index (χ0) is 11.7. The molecule has 0 saturated heterocycles. The summed E-state index contributed by atoms with van der Waals surface area (Å²) >= 11 is 5.54. The van der Waals surface area contributed by atoms with Crippen molar-refractivity contribution in [3.05, 3.63) is 27.7 Å². The van der Waals surface area contributed by atoms with E-state index in [1.807, 2.05) is 23.9 Å². The Labute approximate surface area is 109 Å². The lowest BCUT2D eigenvalue weighted by molar-refractivity contribution is 0.410. The van der Waals surface area contributed by atoms with Gasteiger partial charge in [0, 0.05) is 27.1 Å². The molecule has 1 heterocycles. The molecular weight excluding hydrogens is 286 g/mol. The van der Waals surface area contributed by atoms with E-state index in [2.05, 4.69) is 22.9 Å². The number of ether oxygens (including phenoxy) is 1. The van der Waals surface area contributed by atoms with Gasteiger partial charge < -0.3 is 10.5 Å². The molecule has 0 bridgehead atoms. The zero-order valence-electron chi connectivity index (χ0n) is 9.50. The Bertz CT molecular complexity index is 397. The highest BCUT2D eigenvalue weighted by molar-refractivity contribution is 9.10. The molecule has 0 amide bonds. The summed E-state index contributed by atoms with van der Waals surface area (Å²) in [6.07, 6.45) is 1.02. The van der Waals surface area contributed by atoms with Crippen molar-refractivity contribution in [2.24, 2.45) is 5.73 Å². The van der Waals surface area contributed by atoms with E-state index in [9.17, 15) is 0 Å². The third-order valence-corrected chi connectivity index (χ3v) is 4.86. The Morgan fingerprint density at radius 1 is 1.50 bits per heavy atom. The van der Waals surface area contributed by atoms with Crippen LogP contribution in [0.1, 0.15) is 30.5 Å². The third-order valence-electron chi connectivity index (χ3n) is 2.95. The predicted molar refractivity (Wildman–Crippen MR) is 73.0 cm³/mol. The molecular formula is C12H16BrNOS. The summed E-state index contributed by atoms with van der Waals surface area (Å²) in [5.74, 6) is 1.93. The molecule has 1 aliphatic heterocycles. The van der Waals surface area contributed by atoms with Crippen LogP contribution in [0.4, 0.5) is 0 Å². The first kappa shape index (κ1) is 12.3. The maximum atomic E-state index is 6.26. The second kappa shape index (κ2) is 4.98. The Kier molecular flexibility index (Phi) is 3.82. The average Bonchev–Trinajstić information content (AvgIpc) is 2.39. The minimum absolute atomic E-state index is 0.101. The summed E-state index contributed by atoms with van der Waals surface area (Å²) in [6.45, 7) is 2.23. The maximum Gasteiger partial charge on any atom is 0.123 e. The minimum atomic E-state index is 0.101. The van der Waals surface area contributed by atoms with Crippen LogP contribution in [0.3, 0.4) is 0 Å². The van der Waals surface area contributed by atoms with Crippen LogP contribution in [0.25, 0.3) is 0 Å². The number of benzene rings is 1. The first-order chi connectivity index (χ1) is 7.63. The lowest BCUT2D eigenvalue weighted by Gasteiger charge is -2.17. The molecule has 2 atom stereocenters. The molecule has 2 unspecified atom stereocenters. The van der Waals surface area contributed by atoms with Gasteiger partial charge in [-0.1, -0.05) is 22.9 Å². The molecule has 16 heavy (non-hydrogen) atoms. The highest BCUT2D eigenvalue weighted by Gasteiger charge is 2.24. The quantitative estimate of drug-likeness (QED) is 0.862. The van der Waals surface area contributed by atoms with Gasteiger partial charge in [-0.15, -0.1) is 0 Å². The Morgan fingerprint density at radius 2 is 2.25 bits per heavy atom. The van der Waals surface area contributed by atoms with E-state index in [4.69, 9.17) is 10.5 Å². The van der Waals surface area contributed by atoms with Gasteiger partial charge in [0.15, 0.2) is 0 Å². The standard InChI is InChI=1S/C12H16BrNOS/c1-7-5-10(14)12-8(6-16-7)11(15-2)4-3-9(12)13/h3-4,7,10H,5-6,14H2,1-2H3. The van der Waals surface area contributed by atoms with Gasteiger partial charge in [0.05, 0.1) is 7.11 Å². The summed E-state index contributed by atoms with van der Waals surface area (Å²) < 4.78 is 6.52. The Balaban J connectivity index is 2.52. The van der Waals surface area contributed by atoms with Gasteiger partial charge in [-0.3, -0.25) is 0 Å². The number of methoxy groups -OCH3 is 1. The lowest BCUT2D eigenvalue weighted by Crippen LogP contribution is -2.15. The fourth-order valence-corrected chi connectivity index (χ4v) is 3.88. The van der Waals surface area contributed by atoms with Gasteiger partial charge in [0.2, 0.25) is 0 Å². The molecule has 1 aliphatic rings. The van der Waals surface area contributed by atoms with Gasteiger partial charge in [0.25, 0.3) is 0 Å². The molecule has 2 N–H and O–H groups in total. The molecule has 4 heteroatoms. The summed E-state index contributed by atoms with van der Waals surface area (Å²) in [7, 11) is 1.72. The Hall–Kier alpha value is -0.190. The highest BCUT2D eigenvalue weighted by Crippen LogP contribution is 2.41. The van der Waals surface area contributed by atoms with E-state index in [0.29, 0.717) is 5.25 Å². The lowest BCUT2D eigenvalue weighted by atomic mass is 9.98. The van der Waals surface area contributed by atoms with Crippen LogP contribution in [0.2, 0.25) is 0 Å². The second-order valence-electron chi connectivity index (χ2n) is 4.11. The van der Waals surface area contributed by atoms with Crippen LogP contribution in [0, 0.1) is 0 Å². The van der Waals surface area contributed by atoms with Gasteiger partial charge in [-0.25, -0.2) is 0 Å². The number of halogens is 1. The van der Waals surface area contributed by atoms with Crippen molar-refractivity contribution in [3.63, 3.8) is 0 Å². The van der Waals surface area contributed by atoms with Crippen molar-refractivity contribution < 1.29 is 4.74 Å². The molecule has 2 rings (SSSR count). The van der Waals surface area contributed by atoms with E-state index in [1.165, 1.54) is 11.1 Å². The zero-order valence-corrected chi connectivity index (χ0v) is 11.9. The number of fused-ring (bicyclic) bond motifs is 1. The van der Waals surface area contributed by atoms with E-state index in [0.717, 1.165) is 22.4 Å². The van der Waals surface area contributed by atoms with Crippen LogP contribution in [0.5, 0.6) is 5.75 Å². The van der Waals surface area contributed by atoms with Crippen molar-refractivity contribution >= 4 is 27.7 Å². The molecule has 0 fully saturated rings. The van der Waals surface area contributed by atoms with Crippen molar-refractivity contribution in [2.45, 2.75) is 30.4 Å². The van der Waals surface area contributed by atoms with Crippen LogP contribution < -0.4 is 10.5 Å². The second-order valence-corrected chi connectivity index (χ2v) is 6.39. The Morgan fingerprint density at radius 3 is 2.94 bits per heavy atom. The minimum Gasteiger partial charge on any atom is -0.496 e. The van der Waals surface area contributed by atoms with E-state index in [-0.39, 0.29) is 6.04 Å². The van der Waals surface area contributed by atoms with E-state index >= 15 is 0 Å².